The van der Waals surface area contributed by atoms with Gasteiger partial charge in [-0.2, -0.15) is 13.2 Å². The molecule has 1 aromatic carbocycles. The van der Waals surface area contributed by atoms with Crippen LogP contribution in [0.25, 0.3) is 0 Å². The summed E-state index contributed by atoms with van der Waals surface area (Å²) in [7, 11) is 0. The summed E-state index contributed by atoms with van der Waals surface area (Å²) in [5.41, 5.74) is 0.986. The van der Waals surface area contributed by atoms with Gasteiger partial charge in [-0.3, -0.25) is 0 Å². The molecule has 0 radical (unpaired) electrons. The fourth-order valence-electron chi connectivity index (χ4n) is 1.11. The van der Waals surface area contributed by atoms with E-state index in [0.29, 0.717) is 11.1 Å². The van der Waals surface area contributed by atoms with E-state index in [2.05, 4.69) is 4.74 Å². The molecular formula is C10H9F3O2. The molecule has 0 saturated carbocycles. The highest BCUT2D eigenvalue weighted by Crippen LogP contribution is 2.25. The Bertz CT molecular complexity index is 362. The van der Waals surface area contributed by atoms with E-state index in [-0.39, 0.29) is 5.75 Å². The first-order valence-electron chi connectivity index (χ1n) is 4.17. The van der Waals surface area contributed by atoms with Crippen molar-refractivity contribution in [2.75, 3.05) is 0 Å². The van der Waals surface area contributed by atoms with Gasteiger partial charge in [0.05, 0.1) is 0 Å². The molecule has 0 N–H and O–H groups in total. The summed E-state index contributed by atoms with van der Waals surface area (Å²) >= 11 is 0. The van der Waals surface area contributed by atoms with Gasteiger partial charge in [0, 0.05) is 0 Å². The Hall–Kier alpha value is -1.52. The number of benzene rings is 1. The summed E-state index contributed by atoms with van der Waals surface area (Å²) < 4.78 is 40.0. The SMILES string of the molecule is Cc1cccc(C)c1OC(=O)C(F)(F)F. The zero-order chi connectivity index (χ0) is 11.6. The van der Waals surface area contributed by atoms with Crippen LogP contribution in [-0.2, 0) is 4.79 Å². The first-order chi connectivity index (χ1) is 6.82. The lowest BCUT2D eigenvalue weighted by atomic mass is 10.1. The van der Waals surface area contributed by atoms with Gasteiger partial charge >= 0.3 is 12.1 Å². The monoisotopic (exact) mass is 218 g/mol. The highest BCUT2D eigenvalue weighted by Gasteiger charge is 2.41. The predicted octanol–water partition coefficient (Wildman–Crippen LogP) is 2.77. The van der Waals surface area contributed by atoms with Crippen LogP contribution in [0.15, 0.2) is 18.2 Å². The minimum Gasteiger partial charge on any atom is -0.419 e. The molecule has 0 unspecified atom stereocenters. The smallest absolute Gasteiger partial charge is 0.419 e. The molecule has 15 heavy (non-hydrogen) atoms. The van der Waals surface area contributed by atoms with Crippen LogP contribution in [0.3, 0.4) is 0 Å². The maximum absolute atomic E-state index is 11.9. The minimum absolute atomic E-state index is 0.0279. The minimum atomic E-state index is -4.96. The largest absolute Gasteiger partial charge is 0.491 e. The van der Waals surface area contributed by atoms with Crippen LogP contribution < -0.4 is 4.74 Å². The van der Waals surface area contributed by atoms with Crippen molar-refractivity contribution >= 4 is 5.97 Å². The third-order valence-corrected chi connectivity index (χ3v) is 1.83. The highest BCUT2D eigenvalue weighted by atomic mass is 19.4. The van der Waals surface area contributed by atoms with Gasteiger partial charge in [-0.05, 0) is 25.0 Å². The highest BCUT2D eigenvalue weighted by molar-refractivity contribution is 5.78. The van der Waals surface area contributed by atoms with Crippen LogP contribution >= 0.6 is 0 Å². The van der Waals surface area contributed by atoms with Crippen molar-refractivity contribution in [2.45, 2.75) is 20.0 Å². The zero-order valence-electron chi connectivity index (χ0n) is 8.18. The van der Waals surface area contributed by atoms with Crippen molar-refractivity contribution in [1.29, 1.82) is 0 Å². The second-order valence-corrected chi connectivity index (χ2v) is 3.11. The van der Waals surface area contributed by atoms with E-state index in [1.807, 2.05) is 0 Å². The third kappa shape index (κ3) is 2.71. The zero-order valence-corrected chi connectivity index (χ0v) is 8.18. The van der Waals surface area contributed by atoms with Gasteiger partial charge in [-0.1, -0.05) is 18.2 Å². The van der Waals surface area contributed by atoms with Crippen molar-refractivity contribution in [2.24, 2.45) is 0 Å². The molecule has 0 spiro atoms. The number of hydrogen-bond donors (Lipinski definition) is 0. The number of alkyl halides is 3. The average Bonchev–Trinajstić information content (AvgIpc) is 2.09. The molecule has 0 fully saturated rings. The average molecular weight is 218 g/mol. The maximum atomic E-state index is 11.9. The third-order valence-electron chi connectivity index (χ3n) is 1.83. The number of aryl methyl sites for hydroxylation is 2. The number of ether oxygens (including phenoxy) is 1. The first-order valence-corrected chi connectivity index (χ1v) is 4.17. The summed E-state index contributed by atoms with van der Waals surface area (Å²) in [6.45, 7) is 3.15. The molecular weight excluding hydrogens is 209 g/mol. The van der Waals surface area contributed by atoms with Gasteiger partial charge in [-0.25, -0.2) is 4.79 Å². The van der Waals surface area contributed by atoms with E-state index >= 15 is 0 Å². The number of carbonyl (C=O) groups excluding carboxylic acids is 1. The second kappa shape index (κ2) is 3.92. The molecule has 1 aromatic rings. The summed E-state index contributed by atoms with van der Waals surface area (Å²) in [4.78, 5) is 10.6. The van der Waals surface area contributed by atoms with Gasteiger partial charge in [0.1, 0.15) is 5.75 Å². The van der Waals surface area contributed by atoms with E-state index in [1.54, 1.807) is 32.0 Å². The van der Waals surface area contributed by atoms with Crippen molar-refractivity contribution in [3.63, 3.8) is 0 Å². The van der Waals surface area contributed by atoms with Crippen LogP contribution in [0, 0.1) is 13.8 Å². The lowest BCUT2D eigenvalue weighted by Gasteiger charge is -2.11. The fourth-order valence-corrected chi connectivity index (χ4v) is 1.11. The van der Waals surface area contributed by atoms with E-state index in [4.69, 9.17) is 0 Å². The van der Waals surface area contributed by atoms with E-state index in [0.717, 1.165) is 0 Å². The predicted molar refractivity (Wildman–Crippen MR) is 47.6 cm³/mol. The summed E-state index contributed by atoms with van der Waals surface area (Å²) in [5.74, 6) is -2.22. The number of esters is 1. The Morgan fingerprint density at radius 1 is 1.20 bits per heavy atom. The summed E-state index contributed by atoms with van der Waals surface area (Å²) in [6, 6.07) is 4.83. The van der Waals surface area contributed by atoms with Gasteiger partial charge in [0.25, 0.3) is 0 Å². The van der Waals surface area contributed by atoms with E-state index < -0.39 is 12.1 Å². The molecule has 0 amide bonds. The van der Waals surface area contributed by atoms with Gasteiger partial charge < -0.3 is 4.74 Å². The number of carbonyl (C=O) groups is 1. The lowest BCUT2D eigenvalue weighted by Crippen LogP contribution is -2.28. The van der Waals surface area contributed by atoms with Crippen LogP contribution in [0.1, 0.15) is 11.1 Å². The Morgan fingerprint density at radius 2 is 1.67 bits per heavy atom. The van der Waals surface area contributed by atoms with Crippen LogP contribution in [0.2, 0.25) is 0 Å². The maximum Gasteiger partial charge on any atom is 0.491 e. The van der Waals surface area contributed by atoms with Gasteiger partial charge in [0.2, 0.25) is 0 Å². The lowest BCUT2D eigenvalue weighted by molar-refractivity contribution is -0.189. The molecule has 0 aliphatic rings. The van der Waals surface area contributed by atoms with Crippen molar-refractivity contribution < 1.29 is 22.7 Å². The Morgan fingerprint density at radius 3 is 2.07 bits per heavy atom. The van der Waals surface area contributed by atoms with Crippen LogP contribution in [-0.4, -0.2) is 12.1 Å². The Kier molecular flexibility index (Phi) is 3.02. The molecule has 5 heteroatoms. The molecule has 1 rings (SSSR count). The number of rotatable bonds is 1. The number of halogens is 3. The first kappa shape index (κ1) is 11.6. The number of para-hydroxylation sites is 1. The Balaban J connectivity index is 2.95. The Labute approximate surface area is 84.7 Å². The van der Waals surface area contributed by atoms with Gasteiger partial charge in [0.15, 0.2) is 0 Å². The fraction of sp³-hybridized carbons (Fsp3) is 0.300. The summed E-state index contributed by atoms with van der Waals surface area (Å²) in [5, 5.41) is 0. The molecule has 0 aromatic heterocycles. The molecule has 0 bridgehead atoms. The van der Waals surface area contributed by atoms with Crippen LogP contribution in [0.4, 0.5) is 13.2 Å². The quantitative estimate of drug-likeness (QED) is 0.535. The van der Waals surface area contributed by atoms with Crippen molar-refractivity contribution in [1.82, 2.24) is 0 Å². The van der Waals surface area contributed by atoms with Crippen LogP contribution in [0.5, 0.6) is 5.75 Å². The molecule has 0 heterocycles. The van der Waals surface area contributed by atoms with E-state index in [9.17, 15) is 18.0 Å². The molecule has 0 atom stereocenters. The topological polar surface area (TPSA) is 26.3 Å². The van der Waals surface area contributed by atoms with E-state index in [1.165, 1.54) is 0 Å². The molecule has 82 valence electrons. The normalized spacial score (nSPS) is 11.3. The molecule has 0 aliphatic carbocycles. The standard InChI is InChI=1S/C10H9F3O2/c1-6-4-3-5-7(2)8(6)15-9(14)10(11,12)13/h3-5H,1-2H3. The molecule has 2 nitrogen and oxygen atoms in total. The van der Waals surface area contributed by atoms with Crippen molar-refractivity contribution in [3.05, 3.63) is 29.3 Å². The number of hydrogen-bond acceptors (Lipinski definition) is 2. The summed E-state index contributed by atoms with van der Waals surface area (Å²) in [6.07, 6.45) is -4.96. The molecule has 0 aliphatic heterocycles. The van der Waals surface area contributed by atoms with Crippen molar-refractivity contribution in [3.8, 4) is 5.75 Å². The molecule has 0 saturated heterocycles. The van der Waals surface area contributed by atoms with Gasteiger partial charge in [-0.15, -0.1) is 0 Å². The second-order valence-electron chi connectivity index (χ2n) is 3.11.